The molecule has 1 atom stereocenters. The van der Waals surface area contributed by atoms with Crippen molar-refractivity contribution in [3.63, 3.8) is 0 Å². The highest BCUT2D eigenvalue weighted by Crippen LogP contribution is 2.26. The zero-order valence-electron chi connectivity index (χ0n) is 10.4. The second-order valence-electron chi connectivity index (χ2n) is 4.49. The topological polar surface area (TPSA) is 26.0 Å². The standard InChI is InChI=1S/C15H15Cl2N/c1-9-3-4-12(8-14(9)17)15(18)11-5-6-13(16)10(2)7-11/h3-8,15H,18H2,1-2H3. The molecular formula is C15H15Cl2N. The molecule has 1 nitrogen and oxygen atoms in total. The molecule has 2 N–H and O–H groups in total. The van der Waals surface area contributed by atoms with E-state index in [2.05, 4.69) is 0 Å². The molecule has 0 fully saturated rings. The summed E-state index contributed by atoms with van der Waals surface area (Å²) >= 11 is 12.1. The van der Waals surface area contributed by atoms with Crippen molar-refractivity contribution in [1.29, 1.82) is 0 Å². The van der Waals surface area contributed by atoms with Crippen molar-refractivity contribution in [3.8, 4) is 0 Å². The molecule has 18 heavy (non-hydrogen) atoms. The number of benzene rings is 2. The predicted octanol–water partition coefficient (Wildman–Crippen LogP) is 4.66. The Morgan fingerprint density at radius 1 is 0.833 bits per heavy atom. The van der Waals surface area contributed by atoms with E-state index in [1.807, 2.05) is 50.2 Å². The molecule has 0 aliphatic rings. The van der Waals surface area contributed by atoms with Crippen LogP contribution in [-0.4, -0.2) is 0 Å². The van der Waals surface area contributed by atoms with E-state index in [-0.39, 0.29) is 6.04 Å². The van der Waals surface area contributed by atoms with Crippen LogP contribution in [0.3, 0.4) is 0 Å². The van der Waals surface area contributed by atoms with Crippen LogP contribution in [0.5, 0.6) is 0 Å². The Hall–Kier alpha value is -1.02. The largest absolute Gasteiger partial charge is 0.320 e. The Kier molecular flexibility index (Phi) is 3.96. The SMILES string of the molecule is Cc1cc(C(N)c2ccc(C)c(Cl)c2)ccc1Cl. The Morgan fingerprint density at radius 3 is 2.06 bits per heavy atom. The van der Waals surface area contributed by atoms with Crippen molar-refractivity contribution < 1.29 is 0 Å². The van der Waals surface area contributed by atoms with Gasteiger partial charge in [-0.2, -0.15) is 0 Å². The summed E-state index contributed by atoms with van der Waals surface area (Å²) in [7, 11) is 0. The van der Waals surface area contributed by atoms with Gasteiger partial charge in [0, 0.05) is 10.0 Å². The lowest BCUT2D eigenvalue weighted by molar-refractivity contribution is 0.869. The maximum absolute atomic E-state index is 6.25. The number of aryl methyl sites for hydroxylation is 2. The molecule has 0 aromatic heterocycles. The van der Waals surface area contributed by atoms with Crippen molar-refractivity contribution in [2.45, 2.75) is 19.9 Å². The van der Waals surface area contributed by atoms with Gasteiger partial charge in [0.15, 0.2) is 0 Å². The summed E-state index contributed by atoms with van der Waals surface area (Å²) in [6.45, 7) is 3.95. The molecule has 0 saturated heterocycles. The molecular weight excluding hydrogens is 265 g/mol. The molecule has 0 aliphatic carbocycles. The van der Waals surface area contributed by atoms with E-state index in [4.69, 9.17) is 28.9 Å². The van der Waals surface area contributed by atoms with Gasteiger partial charge in [0.1, 0.15) is 0 Å². The first-order valence-corrected chi connectivity index (χ1v) is 6.52. The number of hydrogen-bond acceptors (Lipinski definition) is 1. The van der Waals surface area contributed by atoms with E-state index in [9.17, 15) is 0 Å². The molecule has 0 saturated carbocycles. The minimum Gasteiger partial charge on any atom is -0.320 e. The molecule has 0 spiro atoms. The average molecular weight is 280 g/mol. The van der Waals surface area contributed by atoms with Crippen LogP contribution in [0.4, 0.5) is 0 Å². The highest BCUT2D eigenvalue weighted by molar-refractivity contribution is 6.31. The summed E-state index contributed by atoms with van der Waals surface area (Å²) in [5.41, 5.74) is 10.4. The van der Waals surface area contributed by atoms with Crippen molar-refractivity contribution in [2.24, 2.45) is 5.73 Å². The highest BCUT2D eigenvalue weighted by atomic mass is 35.5. The van der Waals surface area contributed by atoms with Gasteiger partial charge in [-0.25, -0.2) is 0 Å². The fraction of sp³-hybridized carbons (Fsp3) is 0.200. The minimum absolute atomic E-state index is 0.181. The quantitative estimate of drug-likeness (QED) is 0.850. The van der Waals surface area contributed by atoms with Gasteiger partial charge in [-0.1, -0.05) is 47.5 Å². The first-order valence-electron chi connectivity index (χ1n) is 5.76. The van der Waals surface area contributed by atoms with Crippen molar-refractivity contribution in [3.05, 3.63) is 68.7 Å². The lowest BCUT2D eigenvalue weighted by Crippen LogP contribution is -2.12. The highest BCUT2D eigenvalue weighted by Gasteiger charge is 2.11. The zero-order valence-corrected chi connectivity index (χ0v) is 11.9. The molecule has 3 heteroatoms. The molecule has 2 aromatic carbocycles. The van der Waals surface area contributed by atoms with Crippen LogP contribution in [-0.2, 0) is 0 Å². The van der Waals surface area contributed by atoms with E-state index < -0.39 is 0 Å². The fourth-order valence-electron chi connectivity index (χ4n) is 1.86. The van der Waals surface area contributed by atoms with Crippen molar-refractivity contribution in [2.75, 3.05) is 0 Å². The van der Waals surface area contributed by atoms with Crippen LogP contribution < -0.4 is 5.73 Å². The van der Waals surface area contributed by atoms with Gasteiger partial charge in [0.2, 0.25) is 0 Å². The Bertz CT molecular complexity index is 527. The maximum Gasteiger partial charge on any atom is 0.0552 e. The third-order valence-electron chi connectivity index (χ3n) is 3.10. The summed E-state index contributed by atoms with van der Waals surface area (Å²) in [5, 5.41) is 1.50. The van der Waals surface area contributed by atoms with Gasteiger partial charge in [-0.15, -0.1) is 0 Å². The van der Waals surface area contributed by atoms with Crippen LogP contribution in [0.15, 0.2) is 36.4 Å². The van der Waals surface area contributed by atoms with Gasteiger partial charge >= 0.3 is 0 Å². The smallest absolute Gasteiger partial charge is 0.0552 e. The molecule has 94 valence electrons. The molecule has 0 heterocycles. The van der Waals surface area contributed by atoms with Crippen LogP contribution in [0.2, 0.25) is 10.0 Å². The number of halogens is 2. The first-order chi connectivity index (χ1) is 8.49. The van der Waals surface area contributed by atoms with Crippen LogP contribution >= 0.6 is 23.2 Å². The van der Waals surface area contributed by atoms with Crippen LogP contribution in [0.25, 0.3) is 0 Å². The van der Waals surface area contributed by atoms with E-state index in [1.54, 1.807) is 0 Å². The van der Waals surface area contributed by atoms with Gasteiger partial charge in [-0.05, 0) is 48.2 Å². The predicted molar refractivity (Wildman–Crippen MR) is 78.4 cm³/mol. The molecule has 0 bridgehead atoms. The maximum atomic E-state index is 6.25. The minimum atomic E-state index is -0.181. The van der Waals surface area contributed by atoms with E-state index in [0.717, 1.165) is 32.3 Å². The third kappa shape index (κ3) is 2.69. The molecule has 0 amide bonds. The van der Waals surface area contributed by atoms with Gasteiger partial charge < -0.3 is 5.73 Å². The Morgan fingerprint density at radius 2 is 1.44 bits per heavy atom. The second-order valence-corrected chi connectivity index (χ2v) is 5.31. The molecule has 0 aliphatic heterocycles. The number of nitrogens with two attached hydrogens (primary N) is 1. The summed E-state index contributed by atoms with van der Waals surface area (Å²) in [6, 6.07) is 11.6. The fourth-order valence-corrected chi connectivity index (χ4v) is 2.16. The van der Waals surface area contributed by atoms with E-state index in [0.29, 0.717) is 0 Å². The van der Waals surface area contributed by atoms with Gasteiger partial charge in [0.05, 0.1) is 6.04 Å². The van der Waals surface area contributed by atoms with Crippen molar-refractivity contribution in [1.82, 2.24) is 0 Å². The summed E-state index contributed by atoms with van der Waals surface area (Å²) in [5.74, 6) is 0. The molecule has 2 rings (SSSR count). The van der Waals surface area contributed by atoms with E-state index in [1.165, 1.54) is 0 Å². The normalized spacial score (nSPS) is 12.5. The zero-order chi connectivity index (χ0) is 13.3. The van der Waals surface area contributed by atoms with Gasteiger partial charge in [0.25, 0.3) is 0 Å². The Balaban J connectivity index is 2.37. The first kappa shape index (κ1) is 13.4. The van der Waals surface area contributed by atoms with E-state index >= 15 is 0 Å². The molecule has 1 unspecified atom stereocenters. The Labute approximate surface area is 118 Å². The number of rotatable bonds is 2. The second kappa shape index (κ2) is 5.31. The summed E-state index contributed by atoms with van der Waals surface area (Å²) in [6.07, 6.45) is 0. The lowest BCUT2D eigenvalue weighted by atomic mass is 9.97. The lowest BCUT2D eigenvalue weighted by Gasteiger charge is -2.14. The molecule has 0 radical (unpaired) electrons. The number of hydrogen-bond donors (Lipinski definition) is 1. The van der Waals surface area contributed by atoms with Crippen LogP contribution in [0, 0.1) is 13.8 Å². The molecule has 2 aromatic rings. The third-order valence-corrected chi connectivity index (χ3v) is 3.93. The van der Waals surface area contributed by atoms with Crippen molar-refractivity contribution >= 4 is 23.2 Å². The summed E-state index contributed by atoms with van der Waals surface area (Å²) in [4.78, 5) is 0. The monoisotopic (exact) mass is 279 g/mol. The van der Waals surface area contributed by atoms with Gasteiger partial charge in [-0.3, -0.25) is 0 Å². The summed E-state index contributed by atoms with van der Waals surface area (Å²) < 4.78 is 0. The average Bonchev–Trinajstić information content (AvgIpc) is 2.35. The van der Waals surface area contributed by atoms with Crippen LogP contribution in [0.1, 0.15) is 28.3 Å².